The molecule has 2 heterocycles. The minimum atomic E-state index is 0.0243. The Bertz CT molecular complexity index is 528. The average Bonchev–Trinajstić information content (AvgIpc) is 3.01. The molecule has 6 heteroatoms. The lowest BCUT2D eigenvalue weighted by Gasteiger charge is -2.15. The topological polar surface area (TPSA) is 57.6 Å². The number of hydrogen-bond acceptors (Lipinski definition) is 5. The van der Waals surface area contributed by atoms with Crippen LogP contribution in [0.25, 0.3) is 0 Å². The highest BCUT2D eigenvalue weighted by Gasteiger charge is 2.28. The van der Waals surface area contributed by atoms with Gasteiger partial charge in [0.25, 0.3) is 0 Å². The minimum absolute atomic E-state index is 0.0243. The highest BCUT2D eigenvalue weighted by atomic mass is 32.1. The largest absolute Gasteiger partial charge is 0.313 e. The third-order valence-electron chi connectivity index (χ3n) is 3.77. The molecule has 0 saturated carbocycles. The van der Waals surface area contributed by atoms with Crippen LogP contribution in [0.5, 0.6) is 0 Å². The Morgan fingerprint density at radius 1 is 1.45 bits per heavy atom. The maximum Gasteiger partial charge on any atom is 0.225 e. The summed E-state index contributed by atoms with van der Waals surface area (Å²) in [5, 5.41) is 10.3. The number of rotatable bonds is 2. The van der Waals surface area contributed by atoms with E-state index in [0.29, 0.717) is 6.42 Å². The second-order valence-corrected chi connectivity index (χ2v) is 6.48. The van der Waals surface area contributed by atoms with Gasteiger partial charge in [-0.05, 0) is 32.6 Å². The lowest BCUT2D eigenvalue weighted by Crippen LogP contribution is -2.29. The number of nitrogens with one attached hydrogen (secondary N) is 1. The number of fused-ring (bicyclic) bond motifs is 1. The molecule has 1 atom stereocenters. The number of thiazole rings is 1. The van der Waals surface area contributed by atoms with Gasteiger partial charge in [-0.3, -0.25) is 4.79 Å². The van der Waals surface area contributed by atoms with Crippen LogP contribution in [-0.2, 0) is 17.6 Å². The van der Waals surface area contributed by atoms with E-state index in [1.54, 1.807) is 11.3 Å². The van der Waals surface area contributed by atoms with Crippen molar-refractivity contribution in [3.05, 3.63) is 10.6 Å². The van der Waals surface area contributed by atoms with Crippen LogP contribution in [0.1, 0.15) is 50.1 Å². The molecule has 1 aromatic rings. The third-order valence-corrected chi connectivity index (χ3v) is 4.92. The van der Waals surface area contributed by atoms with Crippen LogP contribution >= 0.6 is 11.3 Å². The summed E-state index contributed by atoms with van der Waals surface area (Å²) in [6.07, 6.45) is 6.02. The van der Waals surface area contributed by atoms with Gasteiger partial charge < -0.3 is 5.32 Å². The molecule has 0 spiro atoms. The van der Waals surface area contributed by atoms with Crippen molar-refractivity contribution in [2.45, 2.75) is 58.4 Å². The zero-order chi connectivity index (χ0) is 14.1. The average molecular weight is 292 g/mol. The summed E-state index contributed by atoms with van der Waals surface area (Å²) in [6.45, 7) is 3.97. The number of hydrogen-bond donors (Lipinski definition) is 1. The van der Waals surface area contributed by atoms with Gasteiger partial charge in [-0.2, -0.15) is 5.10 Å². The van der Waals surface area contributed by atoms with E-state index < -0.39 is 0 Å². The Morgan fingerprint density at radius 3 is 3.00 bits per heavy atom. The van der Waals surface area contributed by atoms with Crippen molar-refractivity contribution in [2.24, 2.45) is 5.10 Å². The Morgan fingerprint density at radius 2 is 2.25 bits per heavy atom. The summed E-state index contributed by atoms with van der Waals surface area (Å²) in [5.74, 6) is 0.786. The minimum Gasteiger partial charge on any atom is -0.313 e. The monoisotopic (exact) mass is 292 g/mol. The molecule has 1 aliphatic carbocycles. The van der Waals surface area contributed by atoms with Crippen LogP contribution in [0.4, 0.5) is 5.13 Å². The van der Waals surface area contributed by atoms with Gasteiger partial charge in [0.05, 0.1) is 11.7 Å². The van der Waals surface area contributed by atoms with Gasteiger partial charge in [-0.1, -0.05) is 18.3 Å². The number of aromatic nitrogens is 1. The number of amidine groups is 1. The summed E-state index contributed by atoms with van der Waals surface area (Å²) >= 11 is 1.76. The Labute approximate surface area is 123 Å². The third kappa shape index (κ3) is 2.57. The fourth-order valence-electron chi connectivity index (χ4n) is 2.63. The molecule has 1 aromatic heterocycles. The van der Waals surface area contributed by atoms with Gasteiger partial charge >= 0.3 is 0 Å². The van der Waals surface area contributed by atoms with E-state index in [4.69, 9.17) is 4.98 Å². The normalized spacial score (nSPS) is 21.6. The van der Waals surface area contributed by atoms with E-state index in [9.17, 15) is 4.79 Å². The van der Waals surface area contributed by atoms with Crippen molar-refractivity contribution < 1.29 is 4.79 Å². The van der Waals surface area contributed by atoms with Crippen LogP contribution in [0.2, 0.25) is 0 Å². The van der Waals surface area contributed by atoms with E-state index in [0.717, 1.165) is 30.2 Å². The Balaban J connectivity index is 1.79. The quantitative estimate of drug-likeness (QED) is 0.911. The smallest absolute Gasteiger partial charge is 0.225 e. The molecule has 2 aliphatic rings. The lowest BCUT2D eigenvalue weighted by atomic mass is 10.0. The van der Waals surface area contributed by atoms with Gasteiger partial charge in [0.15, 0.2) is 0 Å². The molecule has 1 unspecified atom stereocenters. The van der Waals surface area contributed by atoms with Gasteiger partial charge in [0.1, 0.15) is 5.84 Å². The number of hydrazone groups is 1. The number of amides is 1. The first-order valence-corrected chi connectivity index (χ1v) is 8.14. The molecule has 0 fully saturated rings. The Kier molecular flexibility index (Phi) is 3.74. The summed E-state index contributed by atoms with van der Waals surface area (Å²) in [5.41, 5.74) is 1.25. The fourth-order valence-corrected chi connectivity index (χ4v) is 3.83. The van der Waals surface area contributed by atoms with E-state index >= 15 is 0 Å². The highest BCUT2D eigenvalue weighted by Crippen LogP contribution is 2.34. The van der Waals surface area contributed by atoms with Gasteiger partial charge in [0.2, 0.25) is 11.0 Å². The molecule has 0 saturated heterocycles. The molecule has 0 bridgehead atoms. The molecular weight excluding hydrogens is 272 g/mol. The SMILES string of the molecule is CCC(=O)NC1=NN(c2nc3c(s2)CCCC3)C(C)C1. The molecule has 3 rings (SSSR count). The predicted octanol–water partition coefficient (Wildman–Crippen LogP) is 2.46. The van der Waals surface area contributed by atoms with Crippen molar-refractivity contribution in [3.8, 4) is 0 Å². The van der Waals surface area contributed by atoms with Gasteiger partial charge in [-0.25, -0.2) is 9.99 Å². The first-order chi connectivity index (χ1) is 9.67. The second kappa shape index (κ2) is 5.52. The zero-order valence-electron chi connectivity index (χ0n) is 12.0. The fraction of sp³-hybridized carbons (Fsp3) is 0.643. The number of aryl methyl sites for hydroxylation is 2. The maximum absolute atomic E-state index is 11.5. The molecule has 0 radical (unpaired) electrons. The molecule has 1 amide bonds. The molecule has 1 aliphatic heterocycles. The van der Waals surface area contributed by atoms with Crippen molar-refractivity contribution in [1.29, 1.82) is 0 Å². The molecule has 108 valence electrons. The van der Waals surface area contributed by atoms with Crippen LogP contribution < -0.4 is 10.3 Å². The summed E-state index contributed by atoms with van der Waals surface area (Å²) in [7, 11) is 0. The molecular formula is C14H20N4OS. The number of anilines is 1. The number of carbonyl (C=O) groups is 1. The van der Waals surface area contributed by atoms with E-state index in [1.807, 2.05) is 11.9 Å². The first-order valence-electron chi connectivity index (χ1n) is 7.32. The van der Waals surface area contributed by atoms with E-state index in [2.05, 4.69) is 17.3 Å². The van der Waals surface area contributed by atoms with Crippen LogP contribution in [-0.4, -0.2) is 22.8 Å². The Hall–Kier alpha value is -1.43. The lowest BCUT2D eigenvalue weighted by molar-refractivity contribution is -0.119. The zero-order valence-corrected chi connectivity index (χ0v) is 12.8. The first kappa shape index (κ1) is 13.5. The molecule has 0 aromatic carbocycles. The summed E-state index contributed by atoms with van der Waals surface area (Å²) in [4.78, 5) is 17.6. The molecule has 20 heavy (non-hydrogen) atoms. The van der Waals surface area contributed by atoms with E-state index in [-0.39, 0.29) is 11.9 Å². The standard InChI is InChI=1S/C14H20N4OS/c1-3-13(19)16-12-8-9(2)18(17-12)14-15-10-6-4-5-7-11(10)20-14/h9H,3-8H2,1-2H3,(H,16,17,19). The van der Waals surface area contributed by atoms with Crippen molar-refractivity contribution in [1.82, 2.24) is 10.3 Å². The number of nitrogens with zero attached hydrogens (tertiary/aromatic N) is 3. The van der Waals surface area contributed by atoms with Crippen molar-refractivity contribution >= 4 is 28.2 Å². The van der Waals surface area contributed by atoms with Gasteiger partial charge in [-0.15, -0.1) is 0 Å². The number of carbonyl (C=O) groups excluding carboxylic acids is 1. The summed E-state index contributed by atoms with van der Waals surface area (Å²) in [6, 6.07) is 0.259. The highest BCUT2D eigenvalue weighted by molar-refractivity contribution is 7.15. The molecule has 1 N–H and O–H groups in total. The van der Waals surface area contributed by atoms with E-state index in [1.165, 1.54) is 23.4 Å². The predicted molar refractivity (Wildman–Crippen MR) is 81.2 cm³/mol. The van der Waals surface area contributed by atoms with Crippen molar-refractivity contribution in [2.75, 3.05) is 5.01 Å². The van der Waals surface area contributed by atoms with Crippen LogP contribution in [0.15, 0.2) is 5.10 Å². The molecule has 5 nitrogen and oxygen atoms in total. The van der Waals surface area contributed by atoms with Crippen molar-refractivity contribution in [3.63, 3.8) is 0 Å². The van der Waals surface area contributed by atoms with Gasteiger partial charge in [0, 0.05) is 17.7 Å². The maximum atomic E-state index is 11.5. The summed E-state index contributed by atoms with van der Waals surface area (Å²) < 4.78 is 0. The van der Waals surface area contributed by atoms with Crippen LogP contribution in [0.3, 0.4) is 0 Å². The second-order valence-electron chi connectivity index (χ2n) is 5.42. The van der Waals surface area contributed by atoms with Crippen LogP contribution in [0, 0.1) is 0 Å².